The lowest BCUT2D eigenvalue weighted by Gasteiger charge is -2.18. The molecular formula is C13H20N2O2. The number of carbonyl (C=O) groups is 1. The fraction of sp³-hybridized carbons (Fsp3) is 0.462. The van der Waals surface area contributed by atoms with Crippen LogP contribution in [0.3, 0.4) is 0 Å². The van der Waals surface area contributed by atoms with Crippen molar-refractivity contribution in [2.75, 3.05) is 20.3 Å². The number of methoxy groups -OCH3 is 1. The van der Waals surface area contributed by atoms with Crippen molar-refractivity contribution in [3.63, 3.8) is 0 Å². The molecule has 4 nitrogen and oxygen atoms in total. The van der Waals surface area contributed by atoms with Crippen LogP contribution in [0.25, 0.3) is 0 Å². The molecule has 1 unspecified atom stereocenters. The Morgan fingerprint density at radius 1 is 1.47 bits per heavy atom. The Labute approximate surface area is 102 Å². The number of aryl methyl sites for hydroxylation is 2. The van der Waals surface area contributed by atoms with Crippen molar-refractivity contribution < 1.29 is 9.53 Å². The lowest BCUT2D eigenvalue weighted by molar-refractivity contribution is -0.120. The Hall–Kier alpha value is -1.39. The van der Waals surface area contributed by atoms with Gasteiger partial charge in [0.05, 0.1) is 6.61 Å². The van der Waals surface area contributed by atoms with Gasteiger partial charge in [-0.2, -0.15) is 0 Å². The molecule has 0 aliphatic carbocycles. The number of amides is 1. The maximum absolute atomic E-state index is 11.5. The number of hydrogen-bond acceptors (Lipinski definition) is 3. The Kier molecular flexibility index (Phi) is 5.12. The van der Waals surface area contributed by atoms with Crippen molar-refractivity contribution in [2.24, 2.45) is 5.73 Å². The third kappa shape index (κ3) is 3.84. The number of carbonyl (C=O) groups excluding carboxylic acids is 1. The molecule has 1 atom stereocenters. The fourth-order valence-electron chi connectivity index (χ4n) is 1.74. The molecule has 0 bridgehead atoms. The minimum atomic E-state index is -0.454. The minimum Gasteiger partial charge on any atom is -0.383 e. The summed E-state index contributed by atoms with van der Waals surface area (Å²) in [7, 11) is 1.62. The van der Waals surface area contributed by atoms with Gasteiger partial charge in [-0.05, 0) is 25.0 Å². The van der Waals surface area contributed by atoms with Crippen LogP contribution in [0.4, 0.5) is 0 Å². The molecule has 0 fully saturated rings. The van der Waals surface area contributed by atoms with Gasteiger partial charge in [0, 0.05) is 13.7 Å². The summed E-state index contributed by atoms with van der Waals surface area (Å²) in [5.74, 6) is -0.366. The fourth-order valence-corrected chi connectivity index (χ4v) is 1.74. The second-order valence-electron chi connectivity index (χ2n) is 4.14. The zero-order valence-corrected chi connectivity index (χ0v) is 10.6. The standard InChI is InChI=1S/C13H20N2O2/c1-9-4-5-10(2)11(8-9)12(13(14)16)15-6-7-17-3/h4-5,8,12,15H,6-7H2,1-3H3,(H2,14,16). The quantitative estimate of drug-likeness (QED) is 0.726. The van der Waals surface area contributed by atoms with Gasteiger partial charge in [0.15, 0.2) is 0 Å². The van der Waals surface area contributed by atoms with Crippen LogP contribution < -0.4 is 11.1 Å². The van der Waals surface area contributed by atoms with Crippen molar-refractivity contribution in [1.82, 2.24) is 5.32 Å². The minimum absolute atomic E-state index is 0.366. The van der Waals surface area contributed by atoms with Gasteiger partial charge in [-0.15, -0.1) is 0 Å². The SMILES string of the molecule is COCCNC(C(N)=O)c1cc(C)ccc1C. The van der Waals surface area contributed by atoms with Gasteiger partial charge in [0.1, 0.15) is 6.04 Å². The van der Waals surface area contributed by atoms with Crippen LogP contribution in [0.5, 0.6) is 0 Å². The number of hydrogen-bond donors (Lipinski definition) is 2. The highest BCUT2D eigenvalue weighted by atomic mass is 16.5. The number of rotatable bonds is 6. The van der Waals surface area contributed by atoms with E-state index in [4.69, 9.17) is 10.5 Å². The van der Waals surface area contributed by atoms with Gasteiger partial charge in [0.25, 0.3) is 0 Å². The number of nitrogens with one attached hydrogen (secondary N) is 1. The predicted molar refractivity (Wildman–Crippen MR) is 67.7 cm³/mol. The molecule has 0 aliphatic rings. The Bertz CT molecular complexity index is 391. The molecule has 1 amide bonds. The van der Waals surface area contributed by atoms with E-state index < -0.39 is 6.04 Å². The van der Waals surface area contributed by atoms with Crippen molar-refractivity contribution in [2.45, 2.75) is 19.9 Å². The Morgan fingerprint density at radius 2 is 2.18 bits per heavy atom. The molecule has 1 aromatic rings. The van der Waals surface area contributed by atoms with E-state index in [-0.39, 0.29) is 5.91 Å². The molecule has 94 valence electrons. The normalized spacial score (nSPS) is 12.4. The largest absolute Gasteiger partial charge is 0.383 e. The van der Waals surface area contributed by atoms with Crippen LogP contribution in [0.15, 0.2) is 18.2 Å². The molecule has 4 heteroatoms. The summed E-state index contributed by atoms with van der Waals surface area (Å²) in [4.78, 5) is 11.5. The molecule has 0 saturated carbocycles. The summed E-state index contributed by atoms with van der Waals surface area (Å²) in [5.41, 5.74) is 8.54. The van der Waals surface area contributed by atoms with Crippen molar-refractivity contribution in [3.8, 4) is 0 Å². The van der Waals surface area contributed by atoms with Gasteiger partial charge < -0.3 is 10.5 Å². The van der Waals surface area contributed by atoms with Crippen molar-refractivity contribution in [3.05, 3.63) is 34.9 Å². The maximum Gasteiger partial charge on any atom is 0.239 e. The lowest BCUT2D eigenvalue weighted by Crippen LogP contribution is -2.35. The number of primary amides is 1. The van der Waals surface area contributed by atoms with Crippen molar-refractivity contribution in [1.29, 1.82) is 0 Å². The summed E-state index contributed by atoms with van der Waals surface area (Å²) in [6, 6.07) is 5.56. The molecule has 0 aromatic heterocycles. The number of benzene rings is 1. The summed E-state index contributed by atoms with van der Waals surface area (Å²) in [6.07, 6.45) is 0. The van der Waals surface area contributed by atoms with Crippen LogP contribution in [-0.2, 0) is 9.53 Å². The first-order valence-corrected chi connectivity index (χ1v) is 5.65. The zero-order valence-electron chi connectivity index (χ0n) is 10.6. The van der Waals surface area contributed by atoms with Gasteiger partial charge >= 0.3 is 0 Å². The molecule has 1 rings (SSSR count). The maximum atomic E-state index is 11.5. The highest BCUT2D eigenvalue weighted by molar-refractivity contribution is 5.82. The predicted octanol–water partition coefficient (Wildman–Crippen LogP) is 1.07. The third-order valence-electron chi connectivity index (χ3n) is 2.68. The molecule has 1 aromatic carbocycles. The first-order chi connectivity index (χ1) is 8.06. The summed E-state index contributed by atoms with van der Waals surface area (Å²) < 4.78 is 4.95. The molecule has 0 spiro atoms. The molecule has 0 radical (unpaired) electrons. The monoisotopic (exact) mass is 236 g/mol. The van der Waals surface area contributed by atoms with E-state index in [9.17, 15) is 4.79 Å². The van der Waals surface area contributed by atoms with E-state index in [1.807, 2.05) is 32.0 Å². The van der Waals surface area contributed by atoms with E-state index in [0.29, 0.717) is 13.2 Å². The zero-order chi connectivity index (χ0) is 12.8. The molecule has 0 saturated heterocycles. The second kappa shape index (κ2) is 6.37. The summed E-state index contributed by atoms with van der Waals surface area (Å²) in [5, 5.41) is 3.10. The van der Waals surface area contributed by atoms with Crippen LogP contribution >= 0.6 is 0 Å². The van der Waals surface area contributed by atoms with E-state index in [1.54, 1.807) is 7.11 Å². The average molecular weight is 236 g/mol. The van der Waals surface area contributed by atoms with Crippen LogP contribution in [0, 0.1) is 13.8 Å². The number of ether oxygens (including phenoxy) is 1. The lowest BCUT2D eigenvalue weighted by atomic mass is 9.98. The van der Waals surface area contributed by atoms with E-state index in [0.717, 1.165) is 16.7 Å². The molecule has 17 heavy (non-hydrogen) atoms. The Balaban J connectivity index is 2.89. The summed E-state index contributed by atoms with van der Waals surface area (Å²) >= 11 is 0. The first-order valence-electron chi connectivity index (χ1n) is 5.65. The van der Waals surface area contributed by atoms with Gasteiger partial charge in [-0.3, -0.25) is 10.1 Å². The second-order valence-corrected chi connectivity index (χ2v) is 4.14. The van der Waals surface area contributed by atoms with Crippen LogP contribution in [0.2, 0.25) is 0 Å². The van der Waals surface area contributed by atoms with Crippen LogP contribution in [0.1, 0.15) is 22.7 Å². The molecule has 0 aliphatic heterocycles. The molecule has 0 heterocycles. The number of nitrogens with two attached hydrogens (primary N) is 1. The van der Waals surface area contributed by atoms with Gasteiger partial charge in [0.2, 0.25) is 5.91 Å². The van der Waals surface area contributed by atoms with Gasteiger partial charge in [-0.25, -0.2) is 0 Å². The highest BCUT2D eigenvalue weighted by Crippen LogP contribution is 2.18. The van der Waals surface area contributed by atoms with Crippen molar-refractivity contribution >= 4 is 5.91 Å². The summed E-state index contributed by atoms with van der Waals surface area (Å²) in [6.45, 7) is 5.12. The first kappa shape index (κ1) is 13.7. The third-order valence-corrected chi connectivity index (χ3v) is 2.68. The Morgan fingerprint density at radius 3 is 2.76 bits per heavy atom. The topological polar surface area (TPSA) is 64.3 Å². The molecule has 3 N–H and O–H groups in total. The van der Waals surface area contributed by atoms with E-state index in [1.165, 1.54) is 0 Å². The van der Waals surface area contributed by atoms with Gasteiger partial charge in [-0.1, -0.05) is 23.8 Å². The average Bonchev–Trinajstić information content (AvgIpc) is 2.28. The van der Waals surface area contributed by atoms with Crippen LogP contribution in [-0.4, -0.2) is 26.2 Å². The highest BCUT2D eigenvalue weighted by Gasteiger charge is 2.18. The molecular weight excluding hydrogens is 216 g/mol. The smallest absolute Gasteiger partial charge is 0.239 e. The van der Waals surface area contributed by atoms with E-state index >= 15 is 0 Å². The van der Waals surface area contributed by atoms with E-state index in [2.05, 4.69) is 5.32 Å².